The number of nitriles is 1. The van der Waals surface area contributed by atoms with Crippen LogP contribution in [0.25, 0.3) is 0 Å². The van der Waals surface area contributed by atoms with Crippen LogP contribution in [0.4, 0.5) is 0 Å². The molecule has 0 aliphatic carbocycles. The van der Waals surface area contributed by atoms with Crippen molar-refractivity contribution in [3.8, 4) is 11.8 Å². The predicted molar refractivity (Wildman–Crippen MR) is 45.2 cm³/mol. The number of benzene rings is 1. The number of aromatic hydroxyl groups is 1. The summed E-state index contributed by atoms with van der Waals surface area (Å²) in [5, 5.41) is 25.0. The number of hydrogen-bond donors (Lipinski definition) is 2. The molecular formula is C9H8N2O. The van der Waals surface area contributed by atoms with Crippen molar-refractivity contribution in [2.24, 2.45) is 0 Å². The van der Waals surface area contributed by atoms with E-state index >= 15 is 0 Å². The van der Waals surface area contributed by atoms with Crippen molar-refractivity contribution < 1.29 is 5.11 Å². The van der Waals surface area contributed by atoms with Gasteiger partial charge >= 0.3 is 0 Å². The predicted octanol–water partition coefficient (Wildman–Crippen LogP) is 1.67. The summed E-state index contributed by atoms with van der Waals surface area (Å²) in [5.41, 5.74) is 0.578. The number of nitrogens with zero attached hydrogens (tertiary/aromatic N) is 1. The number of phenols is 1. The third-order valence-electron chi connectivity index (χ3n) is 1.49. The zero-order chi connectivity index (χ0) is 8.97. The van der Waals surface area contributed by atoms with E-state index in [0.717, 1.165) is 0 Å². The Morgan fingerprint density at radius 1 is 1.50 bits per heavy atom. The van der Waals surface area contributed by atoms with Crippen LogP contribution >= 0.6 is 0 Å². The van der Waals surface area contributed by atoms with Crippen LogP contribution in [0.1, 0.15) is 12.0 Å². The largest absolute Gasteiger partial charge is 0.507 e. The molecule has 3 nitrogen and oxygen atoms in total. The topological polar surface area (TPSA) is 67.9 Å². The molecule has 60 valence electrons. The lowest BCUT2D eigenvalue weighted by Crippen LogP contribution is -1.96. The second-order valence-electron chi connectivity index (χ2n) is 2.33. The highest BCUT2D eigenvalue weighted by atomic mass is 16.3. The van der Waals surface area contributed by atoms with Gasteiger partial charge in [0.2, 0.25) is 0 Å². The van der Waals surface area contributed by atoms with E-state index in [1.165, 1.54) is 6.07 Å². The van der Waals surface area contributed by atoms with Gasteiger partial charge in [0, 0.05) is 5.56 Å². The molecule has 2 N–H and O–H groups in total. The highest BCUT2D eigenvalue weighted by Crippen LogP contribution is 2.16. The van der Waals surface area contributed by atoms with Crippen molar-refractivity contribution in [3.05, 3.63) is 29.8 Å². The Morgan fingerprint density at radius 2 is 2.17 bits per heavy atom. The molecular weight excluding hydrogens is 152 g/mol. The molecule has 1 rings (SSSR count). The number of hydrogen-bond acceptors (Lipinski definition) is 3. The molecule has 0 unspecified atom stereocenters. The molecule has 1 aromatic carbocycles. The van der Waals surface area contributed by atoms with E-state index in [4.69, 9.17) is 10.7 Å². The standard InChI is InChI=1S/C9H8N2O/c10-6-5-8(11)7-3-1-2-4-9(7)12/h1-4,11-12H,5H2. The van der Waals surface area contributed by atoms with E-state index in [0.29, 0.717) is 5.56 Å². The maximum atomic E-state index is 9.26. The van der Waals surface area contributed by atoms with Gasteiger partial charge in [-0.3, -0.25) is 0 Å². The second-order valence-corrected chi connectivity index (χ2v) is 2.33. The van der Waals surface area contributed by atoms with Crippen molar-refractivity contribution in [1.82, 2.24) is 0 Å². The molecule has 0 saturated heterocycles. The van der Waals surface area contributed by atoms with Crippen LogP contribution in [0.3, 0.4) is 0 Å². The van der Waals surface area contributed by atoms with Crippen molar-refractivity contribution >= 4 is 5.71 Å². The van der Waals surface area contributed by atoms with E-state index in [-0.39, 0.29) is 17.9 Å². The summed E-state index contributed by atoms with van der Waals surface area (Å²) in [7, 11) is 0. The first-order chi connectivity index (χ1) is 5.75. The molecule has 0 saturated carbocycles. The molecule has 0 heterocycles. The Bertz CT molecular complexity index is 339. The van der Waals surface area contributed by atoms with Crippen LogP contribution in [-0.4, -0.2) is 10.8 Å². The van der Waals surface area contributed by atoms with E-state index in [9.17, 15) is 5.11 Å². The van der Waals surface area contributed by atoms with E-state index in [1.807, 2.05) is 6.07 Å². The highest BCUT2D eigenvalue weighted by Gasteiger charge is 2.04. The van der Waals surface area contributed by atoms with Gasteiger partial charge in [-0.05, 0) is 12.1 Å². The molecule has 0 bridgehead atoms. The molecule has 0 aliphatic heterocycles. The van der Waals surface area contributed by atoms with Gasteiger partial charge in [0.05, 0.1) is 18.2 Å². The molecule has 0 aliphatic rings. The monoisotopic (exact) mass is 160 g/mol. The fraction of sp³-hybridized carbons (Fsp3) is 0.111. The minimum Gasteiger partial charge on any atom is -0.507 e. The van der Waals surface area contributed by atoms with Crippen molar-refractivity contribution in [1.29, 1.82) is 10.7 Å². The van der Waals surface area contributed by atoms with Gasteiger partial charge in [0.25, 0.3) is 0 Å². The minimum atomic E-state index is 0.0254. The quantitative estimate of drug-likeness (QED) is 0.646. The van der Waals surface area contributed by atoms with Gasteiger partial charge in [0.15, 0.2) is 0 Å². The van der Waals surface area contributed by atoms with E-state index in [2.05, 4.69) is 0 Å². The molecule has 3 heteroatoms. The molecule has 0 aromatic heterocycles. The van der Waals surface area contributed by atoms with Crippen molar-refractivity contribution in [2.45, 2.75) is 6.42 Å². The molecule has 0 atom stereocenters. The molecule has 0 amide bonds. The smallest absolute Gasteiger partial charge is 0.124 e. The average molecular weight is 160 g/mol. The average Bonchev–Trinajstić information content (AvgIpc) is 2.05. The SMILES string of the molecule is N#CCC(=N)c1ccccc1O. The van der Waals surface area contributed by atoms with Gasteiger partial charge in [0.1, 0.15) is 5.75 Å². The Labute approximate surface area is 70.4 Å². The van der Waals surface area contributed by atoms with Crippen molar-refractivity contribution in [2.75, 3.05) is 0 Å². The number of rotatable bonds is 2. The van der Waals surface area contributed by atoms with Gasteiger partial charge in [-0.1, -0.05) is 12.1 Å². The first kappa shape index (κ1) is 8.28. The molecule has 12 heavy (non-hydrogen) atoms. The van der Waals surface area contributed by atoms with Gasteiger partial charge in [-0.2, -0.15) is 5.26 Å². The molecule has 0 spiro atoms. The Hall–Kier alpha value is -1.82. The fourth-order valence-corrected chi connectivity index (χ4v) is 0.903. The lowest BCUT2D eigenvalue weighted by molar-refractivity contribution is 0.474. The van der Waals surface area contributed by atoms with Crippen LogP contribution in [0.2, 0.25) is 0 Å². The Kier molecular flexibility index (Phi) is 2.44. The summed E-state index contributed by atoms with van der Waals surface area (Å²) in [6.07, 6.45) is 0.0254. The van der Waals surface area contributed by atoms with Crippen LogP contribution < -0.4 is 0 Å². The summed E-state index contributed by atoms with van der Waals surface area (Å²) < 4.78 is 0. The summed E-state index contributed by atoms with van der Waals surface area (Å²) >= 11 is 0. The third kappa shape index (κ3) is 1.61. The fourth-order valence-electron chi connectivity index (χ4n) is 0.903. The van der Waals surface area contributed by atoms with Crippen LogP contribution in [0.15, 0.2) is 24.3 Å². The summed E-state index contributed by atoms with van der Waals surface area (Å²) in [6, 6.07) is 8.38. The lowest BCUT2D eigenvalue weighted by Gasteiger charge is -2.01. The summed E-state index contributed by atoms with van der Waals surface area (Å²) in [5.74, 6) is 0.0535. The zero-order valence-corrected chi connectivity index (χ0v) is 6.41. The number of phenolic OH excluding ortho intramolecular Hbond substituents is 1. The van der Waals surface area contributed by atoms with Crippen LogP contribution in [0.5, 0.6) is 5.75 Å². The Morgan fingerprint density at radius 3 is 2.75 bits per heavy atom. The normalized spacial score (nSPS) is 8.92. The third-order valence-corrected chi connectivity index (χ3v) is 1.49. The minimum absolute atomic E-state index is 0.0254. The second kappa shape index (κ2) is 3.54. The lowest BCUT2D eigenvalue weighted by atomic mass is 10.1. The van der Waals surface area contributed by atoms with E-state index < -0.39 is 0 Å². The zero-order valence-electron chi connectivity index (χ0n) is 6.41. The van der Waals surface area contributed by atoms with Gasteiger partial charge in [-0.15, -0.1) is 0 Å². The molecule has 0 fully saturated rings. The van der Waals surface area contributed by atoms with Gasteiger partial charge < -0.3 is 10.5 Å². The van der Waals surface area contributed by atoms with Crippen LogP contribution in [0, 0.1) is 16.7 Å². The summed E-state index contributed by atoms with van der Waals surface area (Å²) in [6.45, 7) is 0. The maximum absolute atomic E-state index is 9.26. The number of nitrogens with one attached hydrogen (secondary N) is 1. The molecule has 1 aromatic rings. The maximum Gasteiger partial charge on any atom is 0.124 e. The summed E-state index contributed by atoms with van der Waals surface area (Å²) in [4.78, 5) is 0. The van der Waals surface area contributed by atoms with Crippen LogP contribution in [-0.2, 0) is 0 Å². The van der Waals surface area contributed by atoms with Gasteiger partial charge in [-0.25, -0.2) is 0 Å². The first-order valence-electron chi connectivity index (χ1n) is 3.48. The van der Waals surface area contributed by atoms with E-state index in [1.54, 1.807) is 18.2 Å². The van der Waals surface area contributed by atoms with Crippen molar-refractivity contribution in [3.63, 3.8) is 0 Å². The Balaban J connectivity index is 2.97. The molecule has 0 radical (unpaired) electrons. The highest BCUT2D eigenvalue weighted by molar-refractivity contribution is 6.01. The first-order valence-corrected chi connectivity index (χ1v) is 3.48. The number of para-hydroxylation sites is 1.